The van der Waals surface area contributed by atoms with E-state index in [0.717, 1.165) is 37.7 Å². The second-order valence-corrected chi connectivity index (χ2v) is 11.4. The number of rotatable bonds is 8. The molecule has 0 unspecified atom stereocenters. The van der Waals surface area contributed by atoms with Crippen LogP contribution in [0.1, 0.15) is 41.5 Å². The van der Waals surface area contributed by atoms with Crippen molar-refractivity contribution in [2.75, 3.05) is 39.1 Å². The Morgan fingerprint density at radius 2 is 1.74 bits per heavy atom. The van der Waals surface area contributed by atoms with Crippen molar-refractivity contribution in [2.24, 2.45) is 0 Å². The lowest BCUT2D eigenvalue weighted by atomic mass is 10.0. The van der Waals surface area contributed by atoms with Crippen molar-refractivity contribution >= 4 is 21.6 Å². The molecule has 0 saturated heterocycles. The third-order valence-corrected chi connectivity index (χ3v) is 9.04. The van der Waals surface area contributed by atoms with Crippen LogP contribution in [0.2, 0.25) is 0 Å². The average Bonchev–Trinajstić information content (AvgIpc) is 3.63. The molecule has 1 fully saturated rings. The Morgan fingerprint density at radius 3 is 2.35 bits per heavy atom. The van der Waals surface area contributed by atoms with E-state index in [0.29, 0.717) is 16.9 Å². The molecule has 1 N–H and O–H groups in total. The summed E-state index contributed by atoms with van der Waals surface area (Å²) in [5.41, 5.74) is 4.68. The van der Waals surface area contributed by atoms with E-state index in [-0.39, 0.29) is 23.8 Å². The van der Waals surface area contributed by atoms with Crippen LogP contribution < -0.4 is 10.1 Å². The molecule has 2 aromatic carbocycles. The van der Waals surface area contributed by atoms with Gasteiger partial charge < -0.3 is 10.1 Å². The Labute approximate surface area is 203 Å². The molecule has 0 bridgehead atoms. The van der Waals surface area contributed by atoms with Crippen molar-refractivity contribution < 1.29 is 17.9 Å². The van der Waals surface area contributed by atoms with Gasteiger partial charge in [-0.3, -0.25) is 9.69 Å². The lowest BCUT2D eigenvalue weighted by molar-refractivity contribution is -0.116. The number of carbonyl (C=O) groups is 1. The van der Waals surface area contributed by atoms with Gasteiger partial charge in [0.05, 0.1) is 12.0 Å². The van der Waals surface area contributed by atoms with E-state index in [2.05, 4.69) is 22.3 Å². The highest BCUT2D eigenvalue weighted by Gasteiger charge is 2.30. The number of carbonyl (C=O) groups excluding carboxylic acids is 1. The van der Waals surface area contributed by atoms with Crippen LogP contribution in [0.4, 0.5) is 5.69 Å². The van der Waals surface area contributed by atoms with Crippen LogP contribution in [-0.4, -0.2) is 63.4 Å². The molecule has 0 aromatic heterocycles. The fourth-order valence-electron chi connectivity index (χ4n) is 4.82. The molecule has 0 radical (unpaired) electrons. The van der Waals surface area contributed by atoms with E-state index in [1.54, 1.807) is 33.1 Å². The number of nitrogens with one attached hydrogen (secondary N) is 1. The molecule has 0 atom stereocenters. The van der Waals surface area contributed by atoms with E-state index in [4.69, 9.17) is 4.74 Å². The second kappa shape index (κ2) is 10.1. The van der Waals surface area contributed by atoms with Gasteiger partial charge in [0, 0.05) is 44.8 Å². The van der Waals surface area contributed by atoms with Gasteiger partial charge in [0.2, 0.25) is 15.9 Å². The van der Waals surface area contributed by atoms with Gasteiger partial charge >= 0.3 is 0 Å². The number of anilines is 1. The summed E-state index contributed by atoms with van der Waals surface area (Å²) in [5.74, 6) is 0.426. The summed E-state index contributed by atoms with van der Waals surface area (Å²) >= 11 is 0. The van der Waals surface area contributed by atoms with Crippen molar-refractivity contribution in [2.45, 2.75) is 56.9 Å². The van der Waals surface area contributed by atoms with E-state index in [1.807, 2.05) is 6.07 Å². The molecule has 34 heavy (non-hydrogen) atoms. The number of hydrogen-bond acceptors (Lipinski definition) is 5. The van der Waals surface area contributed by atoms with E-state index in [1.165, 1.54) is 35.3 Å². The zero-order valence-electron chi connectivity index (χ0n) is 20.6. The van der Waals surface area contributed by atoms with Crippen molar-refractivity contribution in [3.8, 4) is 5.75 Å². The minimum absolute atomic E-state index is 0.0799. The minimum Gasteiger partial charge on any atom is -0.497 e. The fraction of sp³-hybridized carbons (Fsp3) is 0.500. The Hall–Kier alpha value is -2.42. The molecule has 184 valence electrons. The Kier molecular flexibility index (Phi) is 7.31. The standard InChI is InChI=1S/C26H35N3O4S/c1-18-15-24(33-4)16-19(2)26(18)34(31,32)28(3)12-11-25(30)27-22-6-5-20-9-13-29(23-7-8-23)14-10-21(20)17-22/h5-6,15-17,23H,7-14H2,1-4H3,(H,27,30). The fourth-order valence-corrected chi connectivity index (χ4v) is 6.39. The first-order valence-corrected chi connectivity index (χ1v) is 13.4. The highest BCUT2D eigenvalue weighted by atomic mass is 32.2. The van der Waals surface area contributed by atoms with Gasteiger partial charge in [-0.2, -0.15) is 0 Å². The maximum Gasteiger partial charge on any atom is 0.243 e. The summed E-state index contributed by atoms with van der Waals surface area (Å²) in [6, 6.07) is 10.3. The molecule has 4 rings (SSSR count). The number of benzene rings is 2. The Morgan fingerprint density at radius 1 is 1.09 bits per heavy atom. The van der Waals surface area contributed by atoms with Gasteiger partial charge in [-0.25, -0.2) is 12.7 Å². The average molecular weight is 486 g/mol. The predicted octanol–water partition coefficient (Wildman–Crippen LogP) is 3.52. The zero-order chi connectivity index (χ0) is 24.5. The monoisotopic (exact) mass is 485 g/mol. The number of methoxy groups -OCH3 is 1. The van der Waals surface area contributed by atoms with Crippen LogP contribution in [0, 0.1) is 13.8 Å². The van der Waals surface area contributed by atoms with Crippen LogP contribution >= 0.6 is 0 Å². The smallest absolute Gasteiger partial charge is 0.243 e. The molecule has 2 aromatic rings. The van der Waals surface area contributed by atoms with Gasteiger partial charge in [-0.05, 0) is 86.1 Å². The predicted molar refractivity (Wildman–Crippen MR) is 134 cm³/mol. The summed E-state index contributed by atoms with van der Waals surface area (Å²) in [4.78, 5) is 15.5. The largest absolute Gasteiger partial charge is 0.497 e. The van der Waals surface area contributed by atoms with Crippen LogP contribution in [0.25, 0.3) is 0 Å². The second-order valence-electron chi connectivity index (χ2n) is 9.47. The number of fused-ring (bicyclic) bond motifs is 1. The molecule has 1 heterocycles. The Bertz CT molecular complexity index is 1150. The van der Waals surface area contributed by atoms with Gasteiger partial charge in [0.1, 0.15) is 5.75 Å². The summed E-state index contributed by atoms with van der Waals surface area (Å²) < 4.78 is 32.8. The summed E-state index contributed by atoms with van der Waals surface area (Å²) in [7, 11) is -0.655. The van der Waals surface area contributed by atoms with Gasteiger partial charge in [-0.15, -0.1) is 0 Å². The normalized spacial score (nSPS) is 16.7. The highest BCUT2D eigenvalue weighted by Crippen LogP contribution is 2.30. The first-order chi connectivity index (χ1) is 16.2. The summed E-state index contributed by atoms with van der Waals surface area (Å²) in [6.07, 6.45) is 4.76. The Balaban J connectivity index is 1.36. The van der Waals surface area contributed by atoms with E-state index >= 15 is 0 Å². The maximum atomic E-state index is 13.2. The third kappa shape index (κ3) is 5.45. The van der Waals surface area contributed by atoms with E-state index < -0.39 is 10.0 Å². The molecule has 1 aliphatic heterocycles. The molecule has 2 aliphatic rings. The number of nitrogens with zero attached hydrogens (tertiary/aromatic N) is 2. The lowest BCUT2D eigenvalue weighted by Gasteiger charge is -2.20. The molecular formula is C26H35N3O4S. The lowest BCUT2D eigenvalue weighted by Crippen LogP contribution is -2.31. The van der Waals surface area contributed by atoms with Crippen LogP contribution in [-0.2, 0) is 27.7 Å². The topological polar surface area (TPSA) is 79.0 Å². The number of amides is 1. The quantitative estimate of drug-likeness (QED) is 0.619. The first kappa shape index (κ1) is 24.7. The highest BCUT2D eigenvalue weighted by molar-refractivity contribution is 7.89. The molecular weight excluding hydrogens is 450 g/mol. The third-order valence-electron chi connectivity index (χ3n) is 6.88. The zero-order valence-corrected chi connectivity index (χ0v) is 21.4. The van der Waals surface area contributed by atoms with Crippen LogP contribution in [0.3, 0.4) is 0 Å². The molecule has 7 nitrogen and oxygen atoms in total. The summed E-state index contributed by atoms with van der Waals surface area (Å²) in [6.45, 7) is 5.79. The minimum atomic E-state index is -3.72. The van der Waals surface area contributed by atoms with Gasteiger partial charge in [0.25, 0.3) is 0 Å². The number of hydrogen-bond donors (Lipinski definition) is 1. The summed E-state index contributed by atoms with van der Waals surface area (Å²) in [5, 5.41) is 2.95. The molecule has 8 heteroatoms. The molecule has 1 aliphatic carbocycles. The van der Waals surface area contributed by atoms with Crippen LogP contribution in [0.5, 0.6) is 5.75 Å². The van der Waals surface area contributed by atoms with Crippen molar-refractivity contribution in [3.63, 3.8) is 0 Å². The molecule has 1 saturated carbocycles. The maximum absolute atomic E-state index is 13.2. The van der Waals surface area contributed by atoms with Crippen LogP contribution in [0.15, 0.2) is 35.2 Å². The van der Waals surface area contributed by atoms with Crippen molar-refractivity contribution in [1.82, 2.24) is 9.21 Å². The molecule has 1 amide bonds. The molecule has 0 spiro atoms. The van der Waals surface area contributed by atoms with Crippen molar-refractivity contribution in [3.05, 3.63) is 52.6 Å². The number of ether oxygens (including phenoxy) is 1. The first-order valence-electron chi connectivity index (χ1n) is 12.0. The van der Waals surface area contributed by atoms with Crippen molar-refractivity contribution in [1.29, 1.82) is 0 Å². The number of aryl methyl sites for hydroxylation is 2. The van der Waals surface area contributed by atoms with Gasteiger partial charge in [-0.1, -0.05) is 6.07 Å². The number of sulfonamides is 1. The van der Waals surface area contributed by atoms with E-state index in [9.17, 15) is 13.2 Å². The van der Waals surface area contributed by atoms with Gasteiger partial charge in [0.15, 0.2) is 0 Å². The SMILES string of the molecule is COc1cc(C)c(S(=O)(=O)N(C)CCC(=O)Nc2ccc3c(c2)CCN(C2CC2)CC3)c(C)c1.